The summed E-state index contributed by atoms with van der Waals surface area (Å²) < 4.78 is 0. The molecule has 4 heterocycles. The molecule has 0 atom stereocenters. The summed E-state index contributed by atoms with van der Waals surface area (Å²) in [6, 6.07) is 41.8. The Morgan fingerprint density at radius 2 is 0.850 bits per heavy atom. The standard InChI is InChI=1S/C36H22N4/c1-2-8-24-18-34-27(15-23(24)7-1)13-14-33(39-34)28-19-35(29-16-25-9-3-5-11-31(25)37-21-29)40-36(20-28)30-17-26-10-4-6-12-32(26)38-22-30/h1-22H. The maximum Gasteiger partial charge on any atom is 0.0731 e. The summed E-state index contributed by atoms with van der Waals surface area (Å²) in [6.45, 7) is 0. The highest BCUT2D eigenvalue weighted by atomic mass is 14.8. The highest BCUT2D eigenvalue weighted by Crippen LogP contribution is 2.32. The van der Waals surface area contributed by atoms with E-state index in [1.54, 1.807) is 0 Å². The first-order valence-corrected chi connectivity index (χ1v) is 13.3. The van der Waals surface area contributed by atoms with Crippen molar-refractivity contribution >= 4 is 43.5 Å². The Morgan fingerprint density at radius 3 is 1.48 bits per heavy atom. The van der Waals surface area contributed by atoms with Crippen molar-refractivity contribution in [2.45, 2.75) is 0 Å². The fourth-order valence-corrected chi connectivity index (χ4v) is 5.37. The van der Waals surface area contributed by atoms with Crippen molar-refractivity contribution in [3.8, 4) is 33.8 Å². The van der Waals surface area contributed by atoms with Gasteiger partial charge in [-0.25, -0.2) is 9.97 Å². The van der Waals surface area contributed by atoms with Crippen LogP contribution in [0.25, 0.3) is 77.3 Å². The van der Waals surface area contributed by atoms with Crippen LogP contribution in [0, 0.1) is 0 Å². The molecule has 0 aliphatic rings. The number of pyridine rings is 4. The Hall–Kier alpha value is -5.48. The van der Waals surface area contributed by atoms with E-state index in [1.165, 1.54) is 10.8 Å². The summed E-state index contributed by atoms with van der Waals surface area (Å²) in [5.41, 5.74) is 8.40. The van der Waals surface area contributed by atoms with Crippen molar-refractivity contribution in [3.05, 3.63) is 134 Å². The number of hydrogen-bond acceptors (Lipinski definition) is 4. The molecule has 4 aromatic heterocycles. The molecular formula is C36H22N4. The molecule has 0 aliphatic carbocycles. The summed E-state index contributed by atoms with van der Waals surface area (Å²) in [7, 11) is 0. The van der Waals surface area contributed by atoms with E-state index in [0.29, 0.717) is 0 Å². The van der Waals surface area contributed by atoms with Crippen LogP contribution < -0.4 is 0 Å². The van der Waals surface area contributed by atoms with E-state index in [-0.39, 0.29) is 0 Å². The molecule has 40 heavy (non-hydrogen) atoms. The first-order valence-electron chi connectivity index (χ1n) is 13.3. The van der Waals surface area contributed by atoms with Gasteiger partial charge in [0, 0.05) is 45.2 Å². The van der Waals surface area contributed by atoms with E-state index in [0.717, 1.165) is 66.5 Å². The number of aromatic nitrogens is 4. The lowest BCUT2D eigenvalue weighted by atomic mass is 10.0. The van der Waals surface area contributed by atoms with Crippen LogP contribution in [-0.4, -0.2) is 19.9 Å². The lowest BCUT2D eigenvalue weighted by Crippen LogP contribution is -1.94. The van der Waals surface area contributed by atoms with Crippen LogP contribution in [0.4, 0.5) is 0 Å². The molecule has 8 aromatic rings. The van der Waals surface area contributed by atoms with Crippen molar-refractivity contribution in [2.24, 2.45) is 0 Å². The minimum absolute atomic E-state index is 0.847. The normalized spacial score (nSPS) is 11.5. The highest BCUT2D eigenvalue weighted by molar-refractivity contribution is 5.97. The summed E-state index contributed by atoms with van der Waals surface area (Å²) in [5.74, 6) is 0. The third-order valence-corrected chi connectivity index (χ3v) is 7.45. The van der Waals surface area contributed by atoms with Crippen molar-refractivity contribution in [1.29, 1.82) is 0 Å². The van der Waals surface area contributed by atoms with Gasteiger partial charge in [0.05, 0.1) is 33.6 Å². The SMILES string of the molecule is c1ccc2cc3nc(-c4cc(-c5cnc6ccccc6c5)nc(-c5cnc6ccccc6c5)c4)ccc3cc2c1. The van der Waals surface area contributed by atoms with E-state index < -0.39 is 0 Å². The van der Waals surface area contributed by atoms with Crippen LogP contribution in [0.5, 0.6) is 0 Å². The van der Waals surface area contributed by atoms with Crippen LogP contribution >= 0.6 is 0 Å². The molecule has 4 nitrogen and oxygen atoms in total. The first kappa shape index (κ1) is 22.5. The summed E-state index contributed by atoms with van der Waals surface area (Å²) in [4.78, 5) is 19.6. The van der Waals surface area contributed by atoms with Crippen LogP contribution in [0.15, 0.2) is 134 Å². The zero-order valence-electron chi connectivity index (χ0n) is 21.5. The van der Waals surface area contributed by atoms with Crippen LogP contribution in [0.2, 0.25) is 0 Å². The smallest absolute Gasteiger partial charge is 0.0731 e. The Balaban J connectivity index is 1.33. The second-order valence-corrected chi connectivity index (χ2v) is 10.0. The van der Waals surface area contributed by atoms with Gasteiger partial charge in [-0.1, -0.05) is 66.7 Å². The van der Waals surface area contributed by atoms with Gasteiger partial charge in [-0.05, 0) is 65.4 Å². The van der Waals surface area contributed by atoms with Crippen LogP contribution in [0.1, 0.15) is 0 Å². The van der Waals surface area contributed by atoms with E-state index in [9.17, 15) is 0 Å². The third-order valence-electron chi connectivity index (χ3n) is 7.45. The van der Waals surface area contributed by atoms with Crippen molar-refractivity contribution in [3.63, 3.8) is 0 Å². The number of hydrogen-bond donors (Lipinski definition) is 0. The van der Waals surface area contributed by atoms with Crippen molar-refractivity contribution in [2.75, 3.05) is 0 Å². The molecule has 4 heteroatoms. The number of rotatable bonds is 3. The zero-order chi connectivity index (χ0) is 26.5. The molecule has 0 saturated heterocycles. The van der Waals surface area contributed by atoms with Crippen molar-refractivity contribution < 1.29 is 0 Å². The molecule has 186 valence electrons. The van der Waals surface area contributed by atoms with Gasteiger partial charge in [0.25, 0.3) is 0 Å². The zero-order valence-corrected chi connectivity index (χ0v) is 21.5. The molecule has 0 aliphatic heterocycles. The van der Waals surface area contributed by atoms with Gasteiger partial charge >= 0.3 is 0 Å². The van der Waals surface area contributed by atoms with Crippen LogP contribution in [-0.2, 0) is 0 Å². The average molecular weight is 511 g/mol. The molecule has 8 rings (SSSR count). The van der Waals surface area contributed by atoms with E-state index in [1.807, 2.05) is 48.8 Å². The fraction of sp³-hybridized carbons (Fsp3) is 0. The number of nitrogens with zero attached hydrogens (tertiary/aromatic N) is 4. The second-order valence-electron chi connectivity index (χ2n) is 10.0. The molecule has 0 spiro atoms. The summed E-state index contributed by atoms with van der Waals surface area (Å²) in [5, 5.41) is 5.67. The lowest BCUT2D eigenvalue weighted by molar-refractivity contribution is 1.28. The number of benzene rings is 4. The molecule has 0 N–H and O–H groups in total. The third kappa shape index (κ3) is 3.94. The maximum absolute atomic E-state index is 5.11. The average Bonchev–Trinajstić information content (AvgIpc) is 3.02. The van der Waals surface area contributed by atoms with Gasteiger partial charge in [-0.15, -0.1) is 0 Å². The molecule has 0 radical (unpaired) electrons. The molecule has 0 saturated carbocycles. The van der Waals surface area contributed by atoms with Gasteiger partial charge in [0.15, 0.2) is 0 Å². The molecule has 0 fully saturated rings. The predicted octanol–water partition coefficient (Wildman–Crippen LogP) is 8.88. The largest absolute Gasteiger partial charge is 0.256 e. The predicted molar refractivity (Wildman–Crippen MR) is 164 cm³/mol. The summed E-state index contributed by atoms with van der Waals surface area (Å²) in [6.07, 6.45) is 3.80. The fourth-order valence-electron chi connectivity index (χ4n) is 5.37. The second kappa shape index (κ2) is 9.07. The summed E-state index contributed by atoms with van der Waals surface area (Å²) >= 11 is 0. The highest BCUT2D eigenvalue weighted by Gasteiger charge is 2.12. The molecule has 4 aromatic carbocycles. The van der Waals surface area contributed by atoms with Gasteiger partial charge in [0.2, 0.25) is 0 Å². The number of fused-ring (bicyclic) bond motifs is 4. The van der Waals surface area contributed by atoms with E-state index >= 15 is 0 Å². The minimum Gasteiger partial charge on any atom is -0.256 e. The Kier molecular flexibility index (Phi) is 5.10. The quantitative estimate of drug-likeness (QED) is 0.223. The molecular weight excluding hydrogens is 488 g/mol. The maximum atomic E-state index is 5.11. The van der Waals surface area contributed by atoms with Gasteiger partial charge in [-0.3, -0.25) is 9.97 Å². The van der Waals surface area contributed by atoms with Crippen LogP contribution in [0.3, 0.4) is 0 Å². The van der Waals surface area contributed by atoms with Gasteiger partial charge in [-0.2, -0.15) is 0 Å². The molecule has 0 bridgehead atoms. The van der Waals surface area contributed by atoms with E-state index in [2.05, 4.69) is 84.9 Å². The Morgan fingerprint density at radius 1 is 0.325 bits per heavy atom. The number of para-hydroxylation sites is 2. The minimum atomic E-state index is 0.847. The molecule has 0 unspecified atom stereocenters. The van der Waals surface area contributed by atoms with Gasteiger partial charge in [0.1, 0.15) is 0 Å². The monoisotopic (exact) mass is 510 g/mol. The Bertz CT molecular complexity index is 2140. The molecule has 0 amide bonds. The van der Waals surface area contributed by atoms with Crippen molar-refractivity contribution in [1.82, 2.24) is 19.9 Å². The topological polar surface area (TPSA) is 51.6 Å². The first-order chi connectivity index (χ1) is 19.8. The van der Waals surface area contributed by atoms with E-state index in [4.69, 9.17) is 19.9 Å². The van der Waals surface area contributed by atoms with Gasteiger partial charge < -0.3 is 0 Å². The lowest BCUT2D eigenvalue weighted by Gasteiger charge is -2.11. The Labute approximate surface area is 230 Å².